The Morgan fingerprint density at radius 2 is 1.91 bits per heavy atom. The van der Waals surface area contributed by atoms with Gasteiger partial charge in [-0.3, -0.25) is 14.9 Å². The molecule has 0 saturated carbocycles. The predicted octanol–water partition coefficient (Wildman–Crippen LogP) is 4.09. The molecule has 0 atom stereocenters. The van der Waals surface area contributed by atoms with Crippen LogP contribution in [-0.2, 0) is 6.54 Å². The summed E-state index contributed by atoms with van der Waals surface area (Å²) in [6.45, 7) is -2.88. The highest BCUT2D eigenvalue weighted by Gasteiger charge is 2.28. The molecule has 0 aliphatic carbocycles. The number of nitrogens with one attached hydrogen (secondary N) is 1. The molecular weight excluding hydrogens is 488 g/mol. The monoisotopic (exact) mass is 507 g/mol. The maximum atomic E-state index is 13.3. The first kappa shape index (κ1) is 25.5. The summed E-state index contributed by atoms with van der Waals surface area (Å²) in [7, 11) is 3.50. The number of pyridine rings is 1. The fraction of sp³-hybridized carbons (Fsp3) is 0.190. The van der Waals surface area contributed by atoms with Gasteiger partial charge in [-0.1, -0.05) is 17.4 Å². The van der Waals surface area contributed by atoms with Gasteiger partial charge in [0.25, 0.3) is 11.6 Å². The topological polar surface area (TPSA) is 150 Å². The van der Waals surface area contributed by atoms with E-state index in [1.807, 2.05) is 0 Å². The molecule has 35 heavy (non-hydrogen) atoms. The van der Waals surface area contributed by atoms with Crippen LogP contribution in [0.5, 0.6) is 10.9 Å². The molecule has 0 saturated heterocycles. The van der Waals surface area contributed by atoms with Gasteiger partial charge in [0.1, 0.15) is 5.82 Å². The van der Waals surface area contributed by atoms with E-state index in [-0.39, 0.29) is 28.7 Å². The number of carbonyl (C=O) groups excluding carboxylic acids is 2. The number of nitro groups is 1. The van der Waals surface area contributed by atoms with Crippen LogP contribution in [0.25, 0.3) is 10.4 Å². The van der Waals surface area contributed by atoms with Gasteiger partial charge in [-0.15, -0.1) is 0 Å². The molecule has 11 nitrogen and oxygen atoms in total. The number of primary amides is 1. The summed E-state index contributed by atoms with van der Waals surface area (Å²) in [5.74, 6) is -1.24. The quantitative estimate of drug-likeness (QED) is 0.325. The number of benzene rings is 1. The van der Waals surface area contributed by atoms with Crippen molar-refractivity contribution in [3.05, 3.63) is 63.7 Å². The molecule has 3 aromatic rings. The molecule has 0 bridgehead atoms. The molecule has 1 aromatic carbocycles. The van der Waals surface area contributed by atoms with Crippen LogP contribution in [0.4, 0.5) is 25.1 Å². The molecule has 0 spiro atoms. The van der Waals surface area contributed by atoms with E-state index in [0.717, 1.165) is 11.3 Å². The van der Waals surface area contributed by atoms with Gasteiger partial charge < -0.3 is 25.4 Å². The number of carbonyl (C=O) groups is 2. The van der Waals surface area contributed by atoms with Crippen molar-refractivity contribution in [3.8, 4) is 21.4 Å². The largest absolute Gasteiger partial charge is 0.417 e. The van der Waals surface area contributed by atoms with Crippen LogP contribution < -0.4 is 20.5 Å². The summed E-state index contributed by atoms with van der Waals surface area (Å²) in [6, 6.07) is 9.54. The molecule has 2 aromatic heterocycles. The molecule has 184 valence electrons. The SMILES string of the molecule is CN(C)Cc1c(-c2ccc([N+](=O)[O-])cc2)sc(OC(N)=O)c1C(=O)Nc1cccc(OC(F)F)n1. The van der Waals surface area contributed by atoms with Crippen molar-refractivity contribution in [3.63, 3.8) is 0 Å². The third kappa shape index (κ3) is 6.45. The van der Waals surface area contributed by atoms with Crippen molar-refractivity contribution in [2.45, 2.75) is 13.2 Å². The van der Waals surface area contributed by atoms with Crippen LogP contribution in [0, 0.1) is 10.1 Å². The van der Waals surface area contributed by atoms with Crippen LogP contribution >= 0.6 is 11.3 Å². The second-order valence-corrected chi connectivity index (χ2v) is 8.21. The number of hydrogen-bond donors (Lipinski definition) is 2. The highest BCUT2D eigenvalue weighted by molar-refractivity contribution is 7.18. The Hall–Kier alpha value is -4.17. The van der Waals surface area contributed by atoms with Gasteiger partial charge in [-0.2, -0.15) is 13.8 Å². The smallest absolute Gasteiger partial charge is 0.410 e. The Morgan fingerprint density at radius 1 is 1.23 bits per heavy atom. The van der Waals surface area contributed by atoms with Crippen LogP contribution in [0.15, 0.2) is 42.5 Å². The minimum Gasteiger partial charge on any atom is -0.417 e. The molecule has 0 aliphatic heterocycles. The Kier molecular flexibility index (Phi) is 7.88. The number of aromatic nitrogens is 1. The van der Waals surface area contributed by atoms with Gasteiger partial charge in [-0.05, 0) is 37.9 Å². The number of hydrogen-bond acceptors (Lipinski definition) is 9. The number of halogens is 2. The summed E-state index contributed by atoms with van der Waals surface area (Å²) in [4.78, 5) is 41.4. The Labute approximate surface area is 201 Å². The lowest BCUT2D eigenvalue weighted by molar-refractivity contribution is -0.384. The van der Waals surface area contributed by atoms with Crippen molar-refractivity contribution >= 4 is 34.8 Å². The zero-order valence-electron chi connectivity index (χ0n) is 18.4. The van der Waals surface area contributed by atoms with E-state index >= 15 is 0 Å². The fourth-order valence-corrected chi connectivity index (χ4v) is 4.26. The first-order valence-electron chi connectivity index (χ1n) is 9.81. The predicted molar refractivity (Wildman–Crippen MR) is 123 cm³/mol. The number of nitro benzene ring substituents is 1. The third-order valence-corrected chi connectivity index (χ3v) is 5.54. The number of alkyl halides is 2. The molecule has 2 heterocycles. The number of anilines is 1. The highest BCUT2D eigenvalue weighted by Crippen LogP contribution is 2.43. The minimum atomic E-state index is -3.10. The number of nitrogens with zero attached hydrogens (tertiary/aromatic N) is 3. The summed E-state index contributed by atoms with van der Waals surface area (Å²) >= 11 is 0.950. The summed E-state index contributed by atoms with van der Waals surface area (Å²) in [5, 5.41) is 13.4. The number of thiophene rings is 1. The Balaban J connectivity index is 2.08. The number of rotatable bonds is 9. The third-order valence-electron chi connectivity index (χ3n) is 4.38. The number of amides is 2. The molecule has 0 fully saturated rings. The van der Waals surface area contributed by atoms with E-state index in [1.54, 1.807) is 19.0 Å². The van der Waals surface area contributed by atoms with Crippen molar-refractivity contribution < 1.29 is 32.8 Å². The van der Waals surface area contributed by atoms with Crippen molar-refractivity contribution in [2.24, 2.45) is 5.73 Å². The summed E-state index contributed by atoms with van der Waals surface area (Å²) < 4.78 is 34.4. The number of nitrogens with two attached hydrogens (primary N) is 1. The molecular formula is C21H19F2N5O6S. The first-order valence-corrected chi connectivity index (χ1v) is 10.6. The second-order valence-electron chi connectivity index (χ2n) is 7.23. The maximum Gasteiger partial charge on any atom is 0.410 e. The van der Waals surface area contributed by atoms with E-state index in [2.05, 4.69) is 15.0 Å². The molecule has 0 radical (unpaired) electrons. The van der Waals surface area contributed by atoms with E-state index in [9.17, 15) is 28.5 Å². The Morgan fingerprint density at radius 3 is 2.49 bits per heavy atom. The lowest BCUT2D eigenvalue weighted by Crippen LogP contribution is -2.21. The van der Waals surface area contributed by atoms with Crippen LogP contribution in [0.3, 0.4) is 0 Å². The van der Waals surface area contributed by atoms with Gasteiger partial charge in [-0.25, -0.2) is 4.79 Å². The maximum absolute atomic E-state index is 13.3. The zero-order valence-corrected chi connectivity index (χ0v) is 19.2. The van der Waals surface area contributed by atoms with E-state index in [0.29, 0.717) is 16.0 Å². The van der Waals surface area contributed by atoms with Gasteiger partial charge in [0, 0.05) is 35.2 Å². The summed E-state index contributed by atoms with van der Waals surface area (Å²) in [5.41, 5.74) is 6.03. The molecule has 14 heteroatoms. The standard InChI is InChI=1S/C21H19F2N5O6S/c1-27(2)10-13-16(18(29)26-14-4-3-5-15(25-14)33-20(22)23)19(34-21(24)30)35-17(13)11-6-8-12(9-7-11)28(31)32/h3-9,20H,10H2,1-2H3,(H2,24,30)(H,25,26,29). The van der Waals surface area contributed by atoms with Crippen LogP contribution in [-0.4, -0.2) is 47.5 Å². The van der Waals surface area contributed by atoms with Gasteiger partial charge in [0.05, 0.1) is 10.5 Å². The van der Waals surface area contributed by atoms with Gasteiger partial charge in [0.15, 0.2) is 5.06 Å². The lowest BCUT2D eigenvalue weighted by atomic mass is 10.0. The van der Waals surface area contributed by atoms with Crippen LogP contribution in [0.2, 0.25) is 0 Å². The highest BCUT2D eigenvalue weighted by atomic mass is 32.1. The molecule has 2 amide bonds. The van der Waals surface area contributed by atoms with Crippen molar-refractivity contribution in [2.75, 3.05) is 19.4 Å². The summed E-state index contributed by atoms with van der Waals surface area (Å²) in [6.07, 6.45) is -1.16. The first-order chi connectivity index (χ1) is 16.5. The van der Waals surface area contributed by atoms with Gasteiger partial charge >= 0.3 is 12.7 Å². The Bertz CT molecular complexity index is 1250. The number of ether oxygens (including phenoxy) is 2. The zero-order chi connectivity index (χ0) is 25.7. The second kappa shape index (κ2) is 10.8. The average molecular weight is 507 g/mol. The van der Waals surface area contributed by atoms with Crippen molar-refractivity contribution in [1.29, 1.82) is 0 Å². The molecule has 3 N–H and O–H groups in total. The molecule has 0 aliphatic rings. The lowest BCUT2D eigenvalue weighted by Gasteiger charge is -2.14. The van der Waals surface area contributed by atoms with Crippen molar-refractivity contribution in [1.82, 2.24) is 9.88 Å². The van der Waals surface area contributed by atoms with Crippen LogP contribution in [0.1, 0.15) is 15.9 Å². The molecule has 3 rings (SSSR count). The minimum absolute atomic E-state index is 0.0298. The van der Waals surface area contributed by atoms with E-state index < -0.39 is 29.4 Å². The average Bonchev–Trinajstić information content (AvgIpc) is 3.09. The van der Waals surface area contributed by atoms with Gasteiger partial charge in [0.2, 0.25) is 5.88 Å². The van der Waals surface area contributed by atoms with E-state index in [1.165, 1.54) is 42.5 Å². The van der Waals surface area contributed by atoms with E-state index in [4.69, 9.17) is 10.5 Å². The molecule has 0 unspecified atom stereocenters. The normalized spacial score (nSPS) is 10.9. The number of non-ortho nitro benzene ring substituents is 1. The fourth-order valence-electron chi connectivity index (χ4n) is 3.09.